The fraction of sp³-hybridized carbons (Fsp3) is 0.375. The predicted octanol–water partition coefficient (Wildman–Crippen LogP) is 2.19. The van der Waals surface area contributed by atoms with Gasteiger partial charge in [0, 0.05) is 12.4 Å². The summed E-state index contributed by atoms with van der Waals surface area (Å²) in [5.41, 5.74) is 0. The standard InChI is InChI=1S/C8H9BrN2O2S/c1-2-6(7(12)13)14-8-10-3-5(9)4-11-8/h3-4,6H,2H2,1H3,(H,12,13). The van der Waals surface area contributed by atoms with Crippen LogP contribution in [-0.4, -0.2) is 26.3 Å². The Morgan fingerprint density at radius 2 is 2.21 bits per heavy atom. The third-order valence-electron chi connectivity index (χ3n) is 1.49. The lowest BCUT2D eigenvalue weighted by atomic mass is 10.3. The van der Waals surface area contributed by atoms with Gasteiger partial charge in [-0.25, -0.2) is 9.97 Å². The first kappa shape index (κ1) is 11.5. The minimum Gasteiger partial charge on any atom is -0.480 e. The molecule has 76 valence electrons. The first-order valence-corrected chi connectivity index (χ1v) is 5.67. The number of aliphatic carboxylic acids is 1. The molecule has 1 aromatic heterocycles. The fourth-order valence-electron chi connectivity index (χ4n) is 0.797. The maximum absolute atomic E-state index is 10.7. The average molecular weight is 277 g/mol. The lowest BCUT2D eigenvalue weighted by Crippen LogP contribution is -2.15. The first-order chi connectivity index (χ1) is 6.63. The molecule has 4 nitrogen and oxygen atoms in total. The van der Waals surface area contributed by atoms with Crippen molar-refractivity contribution in [3.63, 3.8) is 0 Å². The summed E-state index contributed by atoms with van der Waals surface area (Å²) in [6.07, 6.45) is 3.76. The molecule has 1 atom stereocenters. The van der Waals surface area contributed by atoms with Crippen LogP contribution in [0.4, 0.5) is 0 Å². The number of hydrogen-bond donors (Lipinski definition) is 1. The van der Waals surface area contributed by atoms with Crippen LogP contribution < -0.4 is 0 Å². The van der Waals surface area contributed by atoms with Crippen molar-refractivity contribution in [2.24, 2.45) is 0 Å². The zero-order chi connectivity index (χ0) is 10.6. The summed E-state index contributed by atoms with van der Waals surface area (Å²) in [6, 6.07) is 0. The van der Waals surface area contributed by atoms with Gasteiger partial charge in [-0.2, -0.15) is 0 Å². The Labute approximate surface area is 94.3 Å². The molecule has 0 amide bonds. The Bertz CT molecular complexity index is 318. The van der Waals surface area contributed by atoms with Gasteiger partial charge in [0.15, 0.2) is 5.16 Å². The van der Waals surface area contributed by atoms with E-state index in [0.29, 0.717) is 11.6 Å². The van der Waals surface area contributed by atoms with Crippen LogP contribution in [0.25, 0.3) is 0 Å². The van der Waals surface area contributed by atoms with E-state index >= 15 is 0 Å². The highest BCUT2D eigenvalue weighted by atomic mass is 79.9. The average Bonchev–Trinajstić information content (AvgIpc) is 2.16. The predicted molar refractivity (Wildman–Crippen MR) is 57.3 cm³/mol. The molecule has 0 saturated carbocycles. The summed E-state index contributed by atoms with van der Waals surface area (Å²) in [4.78, 5) is 18.7. The number of nitrogens with zero attached hydrogens (tertiary/aromatic N) is 2. The molecular weight excluding hydrogens is 268 g/mol. The van der Waals surface area contributed by atoms with Crippen LogP contribution in [0.3, 0.4) is 0 Å². The van der Waals surface area contributed by atoms with Gasteiger partial charge in [0.2, 0.25) is 0 Å². The third kappa shape index (κ3) is 3.26. The first-order valence-electron chi connectivity index (χ1n) is 4.00. The van der Waals surface area contributed by atoms with Crippen molar-refractivity contribution in [2.45, 2.75) is 23.8 Å². The second-order valence-electron chi connectivity index (χ2n) is 2.54. The van der Waals surface area contributed by atoms with Crippen LogP contribution in [0.2, 0.25) is 0 Å². The molecule has 1 aromatic rings. The summed E-state index contributed by atoms with van der Waals surface area (Å²) in [5, 5.41) is 8.82. The Morgan fingerprint density at radius 3 is 2.64 bits per heavy atom. The van der Waals surface area contributed by atoms with Gasteiger partial charge < -0.3 is 5.11 Å². The second-order valence-corrected chi connectivity index (χ2v) is 4.62. The molecule has 0 fully saturated rings. The van der Waals surface area contributed by atoms with E-state index in [4.69, 9.17) is 5.11 Å². The van der Waals surface area contributed by atoms with Gasteiger partial charge in [-0.3, -0.25) is 4.79 Å². The molecule has 0 bridgehead atoms. The third-order valence-corrected chi connectivity index (χ3v) is 3.14. The van der Waals surface area contributed by atoms with Crippen molar-refractivity contribution in [1.82, 2.24) is 9.97 Å². The SMILES string of the molecule is CCC(Sc1ncc(Br)cn1)C(=O)O. The number of halogens is 1. The Kier molecular flexibility index (Phi) is 4.34. The lowest BCUT2D eigenvalue weighted by Gasteiger charge is -2.06. The molecule has 1 heterocycles. The molecule has 0 saturated heterocycles. The quantitative estimate of drug-likeness (QED) is 0.675. The summed E-state index contributed by atoms with van der Waals surface area (Å²) in [7, 11) is 0. The maximum atomic E-state index is 10.7. The van der Waals surface area contributed by atoms with E-state index in [0.717, 1.165) is 16.2 Å². The lowest BCUT2D eigenvalue weighted by molar-refractivity contribution is -0.136. The molecule has 0 aromatic carbocycles. The van der Waals surface area contributed by atoms with E-state index in [1.54, 1.807) is 12.4 Å². The number of aromatic nitrogens is 2. The van der Waals surface area contributed by atoms with E-state index in [2.05, 4.69) is 25.9 Å². The van der Waals surface area contributed by atoms with E-state index in [1.807, 2.05) is 6.92 Å². The molecule has 14 heavy (non-hydrogen) atoms. The number of thioether (sulfide) groups is 1. The van der Waals surface area contributed by atoms with Crippen molar-refractivity contribution in [3.05, 3.63) is 16.9 Å². The topological polar surface area (TPSA) is 63.1 Å². The number of carboxylic acids is 1. The van der Waals surface area contributed by atoms with E-state index in [-0.39, 0.29) is 0 Å². The van der Waals surface area contributed by atoms with E-state index in [9.17, 15) is 4.79 Å². The molecule has 1 N–H and O–H groups in total. The highest BCUT2D eigenvalue weighted by Gasteiger charge is 2.17. The van der Waals surface area contributed by atoms with Crippen LogP contribution in [0, 0.1) is 0 Å². The molecule has 0 radical (unpaired) electrons. The monoisotopic (exact) mass is 276 g/mol. The number of carboxylic acid groups (broad SMARTS) is 1. The molecule has 0 aliphatic carbocycles. The largest absolute Gasteiger partial charge is 0.480 e. The Balaban J connectivity index is 2.67. The normalized spacial score (nSPS) is 12.4. The molecule has 6 heteroatoms. The molecule has 0 aliphatic rings. The summed E-state index contributed by atoms with van der Waals surface area (Å²) in [6.45, 7) is 1.82. The number of hydrogen-bond acceptors (Lipinski definition) is 4. The van der Waals surface area contributed by atoms with Gasteiger partial charge in [-0.05, 0) is 22.4 Å². The molecule has 1 rings (SSSR count). The zero-order valence-electron chi connectivity index (χ0n) is 7.48. The highest BCUT2D eigenvalue weighted by Crippen LogP contribution is 2.22. The van der Waals surface area contributed by atoms with Crippen molar-refractivity contribution in [1.29, 1.82) is 0 Å². The minimum atomic E-state index is -0.830. The summed E-state index contributed by atoms with van der Waals surface area (Å²) in [5.74, 6) is -0.830. The van der Waals surface area contributed by atoms with Crippen molar-refractivity contribution >= 4 is 33.7 Å². The summed E-state index contributed by atoms with van der Waals surface area (Å²) >= 11 is 4.37. The highest BCUT2D eigenvalue weighted by molar-refractivity contribution is 9.10. The minimum absolute atomic E-state index is 0.476. The smallest absolute Gasteiger partial charge is 0.317 e. The summed E-state index contributed by atoms with van der Waals surface area (Å²) < 4.78 is 0.783. The fourth-order valence-corrected chi connectivity index (χ4v) is 1.75. The van der Waals surface area contributed by atoms with Crippen LogP contribution in [0.5, 0.6) is 0 Å². The molecular formula is C8H9BrN2O2S. The van der Waals surface area contributed by atoms with Gasteiger partial charge in [-0.1, -0.05) is 18.7 Å². The van der Waals surface area contributed by atoms with Crippen molar-refractivity contribution in [3.8, 4) is 0 Å². The Morgan fingerprint density at radius 1 is 1.64 bits per heavy atom. The Hall–Kier alpha value is -0.620. The van der Waals surface area contributed by atoms with Crippen LogP contribution in [-0.2, 0) is 4.79 Å². The van der Waals surface area contributed by atoms with Gasteiger partial charge in [0.1, 0.15) is 5.25 Å². The van der Waals surface area contributed by atoms with Crippen molar-refractivity contribution in [2.75, 3.05) is 0 Å². The van der Waals surface area contributed by atoms with E-state index in [1.165, 1.54) is 0 Å². The molecule has 0 spiro atoms. The second kappa shape index (κ2) is 5.31. The van der Waals surface area contributed by atoms with Gasteiger partial charge in [0.05, 0.1) is 4.47 Å². The van der Waals surface area contributed by atoms with Gasteiger partial charge in [0.25, 0.3) is 0 Å². The van der Waals surface area contributed by atoms with Crippen molar-refractivity contribution < 1.29 is 9.90 Å². The van der Waals surface area contributed by atoms with Crippen LogP contribution in [0.1, 0.15) is 13.3 Å². The zero-order valence-corrected chi connectivity index (χ0v) is 9.88. The number of rotatable bonds is 4. The maximum Gasteiger partial charge on any atom is 0.317 e. The van der Waals surface area contributed by atoms with Gasteiger partial charge in [-0.15, -0.1) is 0 Å². The van der Waals surface area contributed by atoms with Gasteiger partial charge >= 0.3 is 5.97 Å². The number of carbonyl (C=O) groups is 1. The molecule has 0 aliphatic heterocycles. The van der Waals surface area contributed by atoms with Crippen LogP contribution in [0.15, 0.2) is 22.0 Å². The molecule has 1 unspecified atom stereocenters. The van der Waals surface area contributed by atoms with E-state index < -0.39 is 11.2 Å². The van der Waals surface area contributed by atoms with Crippen LogP contribution >= 0.6 is 27.7 Å².